The summed E-state index contributed by atoms with van der Waals surface area (Å²) in [5, 5.41) is 23.9. The van der Waals surface area contributed by atoms with Gasteiger partial charge < -0.3 is 4.42 Å². The van der Waals surface area contributed by atoms with Crippen molar-refractivity contribution in [3.8, 4) is 17.4 Å². The minimum Gasteiger partial charge on any atom is -0.455 e. The molecule has 0 aliphatic rings. The second kappa shape index (κ2) is 7.06. The first-order valence-corrected chi connectivity index (χ1v) is 7.17. The van der Waals surface area contributed by atoms with Crippen molar-refractivity contribution >= 4 is 17.7 Å². The molecule has 0 spiro atoms. The fraction of sp³-hybridized carbons (Fsp3) is 0. The van der Waals surface area contributed by atoms with Crippen LogP contribution in [0.15, 0.2) is 64.2 Å². The Balaban J connectivity index is 1.77. The van der Waals surface area contributed by atoms with Gasteiger partial charge in [-0.1, -0.05) is 12.1 Å². The molecule has 3 rings (SSSR count). The molecule has 122 valence electrons. The maximum atomic E-state index is 10.9. The molecule has 25 heavy (non-hydrogen) atoms. The van der Waals surface area contributed by atoms with E-state index in [-0.39, 0.29) is 11.5 Å². The topological polar surface area (TPSA) is 117 Å². The van der Waals surface area contributed by atoms with E-state index >= 15 is 0 Å². The van der Waals surface area contributed by atoms with Crippen molar-refractivity contribution in [1.82, 2.24) is 4.98 Å². The van der Waals surface area contributed by atoms with E-state index in [0.29, 0.717) is 22.6 Å². The highest BCUT2D eigenvalue weighted by Crippen LogP contribution is 2.25. The van der Waals surface area contributed by atoms with Crippen molar-refractivity contribution in [3.05, 3.63) is 76.2 Å². The van der Waals surface area contributed by atoms with Gasteiger partial charge in [0.25, 0.3) is 0 Å². The first-order valence-electron chi connectivity index (χ1n) is 7.17. The lowest BCUT2D eigenvalue weighted by atomic mass is 10.1. The van der Waals surface area contributed by atoms with E-state index in [1.165, 1.54) is 24.5 Å². The fourth-order valence-electron chi connectivity index (χ4n) is 2.15. The molecule has 0 saturated carbocycles. The largest absolute Gasteiger partial charge is 0.455 e. The Morgan fingerprint density at radius 1 is 1.24 bits per heavy atom. The third kappa shape index (κ3) is 3.51. The van der Waals surface area contributed by atoms with E-state index in [1.54, 1.807) is 30.3 Å². The fourth-order valence-corrected chi connectivity index (χ4v) is 2.15. The van der Waals surface area contributed by atoms with Gasteiger partial charge in [0.1, 0.15) is 11.5 Å². The van der Waals surface area contributed by atoms with Crippen molar-refractivity contribution in [2.75, 3.05) is 5.43 Å². The number of benzene rings is 1. The number of nitrogens with zero attached hydrogens (tertiary/aromatic N) is 4. The zero-order valence-corrected chi connectivity index (χ0v) is 12.8. The minimum atomic E-state index is -0.547. The molecule has 1 aromatic carbocycles. The molecule has 0 bridgehead atoms. The zero-order chi connectivity index (χ0) is 17.6. The minimum absolute atomic E-state index is 0.0327. The number of pyridine rings is 1. The Labute approximate surface area is 142 Å². The van der Waals surface area contributed by atoms with E-state index in [9.17, 15) is 10.1 Å². The molecule has 0 atom stereocenters. The van der Waals surface area contributed by atoms with Gasteiger partial charge in [-0.25, -0.2) is 4.98 Å². The van der Waals surface area contributed by atoms with Gasteiger partial charge in [-0.3, -0.25) is 15.5 Å². The normalized spacial score (nSPS) is 10.5. The van der Waals surface area contributed by atoms with Crippen LogP contribution in [0, 0.1) is 21.4 Å². The Kier molecular flexibility index (Phi) is 4.49. The van der Waals surface area contributed by atoms with Gasteiger partial charge in [0.2, 0.25) is 5.82 Å². The molecule has 1 N–H and O–H groups in total. The van der Waals surface area contributed by atoms with E-state index < -0.39 is 4.92 Å². The third-order valence-electron chi connectivity index (χ3n) is 3.29. The molecule has 3 aromatic rings. The first kappa shape index (κ1) is 15.9. The van der Waals surface area contributed by atoms with Crippen molar-refractivity contribution in [2.24, 2.45) is 5.10 Å². The number of anilines is 1. The average molecular weight is 333 g/mol. The smallest absolute Gasteiger partial charge is 0.313 e. The molecule has 2 aromatic heterocycles. The number of furan rings is 1. The summed E-state index contributed by atoms with van der Waals surface area (Å²) in [5.74, 6) is 0.988. The van der Waals surface area contributed by atoms with Gasteiger partial charge in [-0.2, -0.15) is 10.4 Å². The van der Waals surface area contributed by atoms with Gasteiger partial charge in [-0.05, 0) is 30.3 Å². The highest BCUT2D eigenvalue weighted by atomic mass is 16.6. The molecule has 0 unspecified atom stereocenters. The number of hydrogen-bond acceptors (Lipinski definition) is 7. The average Bonchev–Trinajstić information content (AvgIpc) is 3.10. The van der Waals surface area contributed by atoms with Gasteiger partial charge in [0, 0.05) is 17.8 Å². The summed E-state index contributed by atoms with van der Waals surface area (Å²) in [6.07, 6.45) is 2.80. The lowest BCUT2D eigenvalue weighted by Gasteiger charge is -1.99. The highest BCUT2D eigenvalue weighted by Gasteiger charge is 2.13. The maximum Gasteiger partial charge on any atom is 0.313 e. The second-order valence-electron chi connectivity index (χ2n) is 4.86. The monoisotopic (exact) mass is 333 g/mol. The SMILES string of the molecule is N#Cc1ccccc1-c1ccc(/C=N\Nc2ncccc2[N+](=O)[O-])o1. The zero-order valence-electron chi connectivity index (χ0n) is 12.8. The molecule has 2 heterocycles. The summed E-state index contributed by atoms with van der Waals surface area (Å²) >= 11 is 0. The Morgan fingerprint density at radius 3 is 2.88 bits per heavy atom. The third-order valence-corrected chi connectivity index (χ3v) is 3.29. The number of hydrazone groups is 1. The van der Waals surface area contributed by atoms with Crippen LogP contribution in [0.3, 0.4) is 0 Å². The molecule has 8 nitrogen and oxygen atoms in total. The molecule has 8 heteroatoms. The second-order valence-corrected chi connectivity index (χ2v) is 4.86. The number of hydrogen-bond donors (Lipinski definition) is 1. The summed E-state index contributed by atoms with van der Waals surface area (Å²) in [5.41, 5.74) is 3.52. The Hall–Kier alpha value is -3.99. The summed E-state index contributed by atoms with van der Waals surface area (Å²) in [6, 6.07) is 15.4. The standard InChI is InChI=1S/C17H11N5O3/c18-10-12-4-1-2-5-14(12)16-8-7-13(25-16)11-20-21-17-15(22(23)24)6-3-9-19-17/h1-9,11H,(H,19,21)/b20-11-. The van der Waals surface area contributed by atoms with E-state index in [0.717, 1.165) is 0 Å². The predicted molar refractivity (Wildman–Crippen MR) is 91.0 cm³/mol. The molecule has 0 fully saturated rings. The molecule has 0 saturated heterocycles. The molecule has 0 aliphatic carbocycles. The van der Waals surface area contributed by atoms with Gasteiger partial charge in [0.15, 0.2) is 0 Å². The maximum absolute atomic E-state index is 10.9. The molecule has 0 amide bonds. The van der Waals surface area contributed by atoms with Crippen LogP contribution in [0.5, 0.6) is 0 Å². The summed E-state index contributed by atoms with van der Waals surface area (Å²) in [6.45, 7) is 0. The number of nitriles is 1. The summed E-state index contributed by atoms with van der Waals surface area (Å²) in [4.78, 5) is 14.2. The molecular formula is C17H11N5O3. The molecular weight excluding hydrogens is 322 g/mol. The summed E-state index contributed by atoms with van der Waals surface area (Å²) < 4.78 is 5.63. The van der Waals surface area contributed by atoms with Crippen molar-refractivity contribution in [1.29, 1.82) is 5.26 Å². The highest BCUT2D eigenvalue weighted by molar-refractivity contribution is 5.79. The predicted octanol–water partition coefficient (Wildman–Crippen LogP) is 3.57. The van der Waals surface area contributed by atoms with Crippen molar-refractivity contribution in [2.45, 2.75) is 0 Å². The van der Waals surface area contributed by atoms with Crippen LogP contribution in [-0.4, -0.2) is 16.1 Å². The van der Waals surface area contributed by atoms with Crippen molar-refractivity contribution in [3.63, 3.8) is 0 Å². The van der Waals surface area contributed by atoms with E-state index in [2.05, 4.69) is 21.6 Å². The van der Waals surface area contributed by atoms with Crippen molar-refractivity contribution < 1.29 is 9.34 Å². The van der Waals surface area contributed by atoms with Gasteiger partial charge >= 0.3 is 5.69 Å². The Morgan fingerprint density at radius 2 is 2.08 bits per heavy atom. The van der Waals surface area contributed by atoms with Gasteiger partial charge in [0.05, 0.1) is 22.8 Å². The van der Waals surface area contributed by atoms with E-state index in [1.807, 2.05) is 6.07 Å². The Bertz CT molecular complexity index is 988. The summed E-state index contributed by atoms with van der Waals surface area (Å²) in [7, 11) is 0. The molecule has 0 radical (unpaired) electrons. The lowest BCUT2D eigenvalue weighted by molar-refractivity contribution is -0.384. The van der Waals surface area contributed by atoms with Crippen LogP contribution in [0.2, 0.25) is 0 Å². The van der Waals surface area contributed by atoms with Crippen LogP contribution in [0.25, 0.3) is 11.3 Å². The number of nitrogens with one attached hydrogen (secondary N) is 1. The number of aromatic nitrogens is 1. The van der Waals surface area contributed by atoms with Gasteiger partial charge in [-0.15, -0.1) is 0 Å². The number of rotatable bonds is 5. The number of nitro groups is 1. The van der Waals surface area contributed by atoms with Crippen LogP contribution in [0.4, 0.5) is 11.5 Å². The molecule has 0 aliphatic heterocycles. The van der Waals surface area contributed by atoms with Crippen LogP contribution >= 0.6 is 0 Å². The van der Waals surface area contributed by atoms with Crippen LogP contribution in [-0.2, 0) is 0 Å². The quantitative estimate of drug-likeness (QED) is 0.433. The van der Waals surface area contributed by atoms with Crippen LogP contribution in [0.1, 0.15) is 11.3 Å². The first-order chi connectivity index (χ1) is 12.2. The van der Waals surface area contributed by atoms with E-state index in [4.69, 9.17) is 9.68 Å². The lowest BCUT2D eigenvalue weighted by Crippen LogP contribution is -1.98. The van der Waals surface area contributed by atoms with Crippen LogP contribution < -0.4 is 5.43 Å².